The average Bonchev–Trinajstić information content (AvgIpc) is 3.22. The first-order valence-electron chi connectivity index (χ1n) is 11.7. The van der Waals surface area contributed by atoms with Crippen LogP contribution < -0.4 is 9.62 Å². The molecular weight excluding hydrogens is 458 g/mol. The van der Waals surface area contributed by atoms with E-state index in [9.17, 15) is 13.2 Å². The van der Waals surface area contributed by atoms with Gasteiger partial charge in [-0.15, -0.1) is 0 Å². The number of fused-ring (bicyclic) bond motifs is 1. The van der Waals surface area contributed by atoms with Crippen molar-refractivity contribution in [1.29, 1.82) is 0 Å². The van der Waals surface area contributed by atoms with Gasteiger partial charge in [0.25, 0.3) is 10.0 Å². The molecule has 0 radical (unpaired) electrons. The molecule has 1 aliphatic heterocycles. The molecule has 1 N–H and O–H groups in total. The molecule has 1 heterocycles. The Morgan fingerprint density at radius 3 is 2.29 bits per heavy atom. The van der Waals surface area contributed by atoms with Crippen molar-refractivity contribution in [3.8, 4) is 0 Å². The Morgan fingerprint density at radius 2 is 1.63 bits per heavy atom. The predicted octanol–water partition coefficient (Wildman–Crippen LogP) is 4.94. The fourth-order valence-corrected chi connectivity index (χ4v) is 5.28. The van der Waals surface area contributed by atoms with E-state index in [-0.39, 0.29) is 16.2 Å². The molecule has 184 valence electrons. The summed E-state index contributed by atoms with van der Waals surface area (Å²) in [5.74, 6) is 0.0349. The molecule has 4 rings (SSSR count). The molecule has 0 spiro atoms. The number of anilines is 2. The van der Waals surface area contributed by atoms with Crippen molar-refractivity contribution in [2.45, 2.75) is 50.6 Å². The van der Waals surface area contributed by atoms with E-state index >= 15 is 0 Å². The van der Waals surface area contributed by atoms with Gasteiger partial charge >= 0.3 is 0 Å². The molecule has 3 aromatic rings. The Hall–Kier alpha value is -3.32. The van der Waals surface area contributed by atoms with Crippen LogP contribution >= 0.6 is 0 Å². The summed E-state index contributed by atoms with van der Waals surface area (Å²) in [4.78, 5) is 16.9. The Labute approximate surface area is 208 Å². The maximum absolute atomic E-state index is 13.0. The van der Waals surface area contributed by atoms with Crippen LogP contribution in [0.15, 0.2) is 71.6 Å². The van der Waals surface area contributed by atoms with E-state index in [4.69, 9.17) is 0 Å². The van der Waals surface area contributed by atoms with Crippen molar-refractivity contribution in [2.75, 3.05) is 23.7 Å². The van der Waals surface area contributed by atoms with Gasteiger partial charge in [-0.1, -0.05) is 57.2 Å². The highest BCUT2D eigenvalue weighted by molar-refractivity contribution is 7.92. The van der Waals surface area contributed by atoms with Crippen molar-refractivity contribution in [3.63, 3.8) is 0 Å². The molecule has 0 saturated heterocycles. The Morgan fingerprint density at radius 1 is 0.943 bits per heavy atom. The Kier molecular flexibility index (Phi) is 6.64. The molecule has 0 atom stereocenters. The summed E-state index contributed by atoms with van der Waals surface area (Å²) in [5, 5.41) is 0. The largest absolute Gasteiger partial charge is 0.378 e. The number of rotatable bonds is 6. The van der Waals surface area contributed by atoms with Crippen LogP contribution in [0.1, 0.15) is 43.0 Å². The number of sulfonamides is 1. The molecule has 0 unspecified atom stereocenters. The molecule has 6 nitrogen and oxygen atoms in total. The van der Waals surface area contributed by atoms with Crippen LogP contribution in [-0.2, 0) is 39.7 Å². The van der Waals surface area contributed by atoms with Gasteiger partial charge in [-0.3, -0.25) is 9.52 Å². The van der Waals surface area contributed by atoms with Crippen LogP contribution in [0, 0.1) is 0 Å². The fraction of sp³-hybridized carbons (Fsp3) is 0.321. The van der Waals surface area contributed by atoms with Crippen LogP contribution in [0.5, 0.6) is 0 Å². The molecular formula is C28H33N3O3S. The van der Waals surface area contributed by atoms with Crippen molar-refractivity contribution in [1.82, 2.24) is 4.90 Å². The molecule has 35 heavy (non-hydrogen) atoms. The molecule has 1 amide bonds. The number of hydrogen-bond acceptors (Lipinski definition) is 4. The van der Waals surface area contributed by atoms with Crippen LogP contribution in [0.4, 0.5) is 11.4 Å². The van der Waals surface area contributed by atoms with Crippen molar-refractivity contribution in [3.05, 3.63) is 89.0 Å². The van der Waals surface area contributed by atoms with Gasteiger partial charge in [0.05, 0.1) is 17.0 Å². The lowest BCUT2D eigenvalue weighted by atomic mass is 9.86. The van der Waals surface area contributed by atoms with E-state index in [1.807, 2.05) is 49.3 Å². The van der Waals surface area contributed by atoms with Crippen molar-refractivity contribution in [2.24, 2.45) is 0 Å². The van der Waals surface area contributed by atoms with Gasteiger partial charge in [0.2, 0.25) is 5.91 Å². The molecule has 0 bridgehead atoms. The van der Waals surface area contributed by atoms with Crippen molar-refractivity contribution < 1.29 is 13.2 Å². The third-order valence-corrected chi connectivity index (χ3v) is 7.73. The predicted molar refractivity (Wildman–Crippen MR) is 141 cm³/mol. The second-order valence-corrected chi connectivity index (χ2v) is 12.0. The summed E-state index contributed by atoms with van der Waals surface area (Å²) in [6.07, 6.45) is 0.327. The number of hydrogen-bond donors (Lipinski definition) is 1. The number of nitrogens with one attached hydrogen (secondary N) is 1. The van der Waals surface area contributed by atoms with Gasteiger partial charge in [0.15, 0.2) is 0 Å². The zero-order valence-corrected chi connectivity index (χ0v) is 21.8. The van der Waals surface area contributed by atoms with E-state index in [1.54, 1.807) is 29.2 Å². The third kappa shape index (κ3) is 5.68. The molecule has 3 aromatic carbocycles. The summed E-state index contributed by atoms with van der Waals surface area (Å²) in [5.41, 5.74) is 5.54. The van der Waals surface area contributed by atoms with E-state index in [0.717, 1.165) is 22.4 Å². The maximum Gasteiger partial charge on any atom is 0.261 e. The monoisotopic (exact) mass is 491 g/mol. The summed E-state index contributed by atoms with van der Waals surface area (Å²) < 4.78 is 28.7. The first-order valence-corrected chi connectivity index (χ1v) is 13.2. The minimum absolute atomic E-state index is 0.0349. The van der Waals surface area contributed by atoms with Gasteiger partial charge in [0.1, 0.15) is 0 Å². The first kappa shape index (κ1) is 24.8. The lowest BCUT2D eigenvalue weighted by molar-refractivity contribution is -0.131. The third-order valence-electron chi connectivity index (χ3n) is 6.35. The van der Waals surface area contributed by atoms with Crippen LogP contribution in [0.2, 0.25) is 0 Å². The van der Waals surface area contributed by atoms with Crippen molar-refractivity contribution >= 4 is 27.3 Å². The molecule has 0 saturated carbocycles. The van der Waals surface area contributed by atoms with E-state index in [0.29, 0.717) is 25.2 Å². The van der Waals surface area contributed by atoms with Gasteiger partial charge in [-0.2, -0.15) is 0 Å². The number of carbonyl (C=O) groups is 1. The van der Waals surface area contributed by atoms with Crippen LogP contribution in [0.25, 0.3) is 0 Å². The summed E-state index contributed by atoms with van der Waals surface area (Å²) in [6.45, 7) is 7.40. The minimum atomic E-state index is -3.75. The zero-order chi connectivity index (χ0) is 25.4. The SMILES string of the molecule is CN(C)c1cccc(NS(=O)(=O)c2ccc3c(c2)CN(C(=O)Cc2ccc(C(C)(C)C)cc2)C3)c1. The van der Waals surface area contributed by atoms with Gasteiger partial charge in [0, 0.05) is 32.9 Å². The van der Waals surface area contributed by atoms with E-state index in [2.05, 4.69) is 37.6 Å². The quantitative estimate of drug-likeness (QED) is 0.531. The number of carbonyl (C=O) groups excluding carboxylic acids is 1. The van der Waals surface area contributed by atoms with E-state index < -0.39 is 10.0 Å². The van der Waals surface area contributed by atoms with Gasteiger partial charge < -0.3 is 9.80 Å². The fourth-order valence-electron chi connectivity index (χ4n) is 4.19. The minimum Gasteiger partial charge on any atom is -0.378 e. The Bertz CT molecular complexity index is 1340. The van der Waals surface area contributed by atoms with Gasteiger partial charge in [-0.05, 0) is 58.0 Å². The number of benzene rings is 3. The highest BCUT2D eigenvalue weighted by Gasteiger charge is 2.26. The van der Waals surface area contributed by atoms with Crippen LogP contribution in [-0.4, -0.2) is 33.3 Å². The summed E-state index contributed by atoms with van der Waals surface area (Å²) in [7, 11) is 0.0578. The van der Waals surface area contributed by atoms with Gasteiger partial charge in [-0.25, -0.2) is 8.42 Å². The molecule has 0 aliphatic carbocycles. The first-order chi connectivity index (χ1) is 16.4. The molecule has 0 aromatic heterocycles. The topological polar surface area (TPSA) is 69.7 Å². The second kappa shape index (κ2) is 9.38. The standard InChI is InChI=1S/C28H33N3O3S/c1-28(2,3)23-12-9-20(10-13-23)15-27(32)31-18-21-11-14-26(16-22(21)19-31)35(33,34)29-24-7-6-8-25(17-24)30(4)5/h6-14,16-17,29H,15,18-19H2,1-5H3. The molecule has 7 heteroatoms. The van der Waals surface area contributed by atoms with Crippen LogP contribution in [0.3, 0.4) is 0 Å². The summed E-state index contributed by atoms with van der Waals surface area (Å²) >= 11 is 0. The van der Waals surface area contributed by atoms with E-state index in [1.165, 1.54) is 5.56 Å². The average molecular weight is 492 g/mol. The lowest BCUT2D eigenvalue weighted by Gasteiger charge is -2.19. The summed E-state index contributed by atoms with van der Waals surface area (Å²) in [6, 6.07) is 20.5. The number of amides is 1. The zero-order valence-electron chi connectivity index (χ0n) is 21.0. The second-order valence-electron chi connectivity index (χ2n) is 10.4. The smallest absolute Gasteiger partial charge is 0.261 e. The highest BCUT2D eigenvalue weighted by atomic mass is 32.2. The normalized spacial score (nSPS) is 13.5. The highest BCUT2D eigenvalue weighted by Crippen LogP contribution is 2.28. The molecule has 0 fully saturated rings. The maximum atomic E-state index is 13.0. The lowest BCUT2D eigenvalue weighted by Crippen LogP contribution is -2.26. The number of nitrogens with zero attached hydrogens (tertiary/aromatic N) is 2. The Balaban J connectivity index is 1.44. The molecule has 1 aliphatic rings.